The summed E-state index contributed by atoms with van der Waals surface area (Å²) in [5, 5.41) is 0. The highest BCUT2D eigenvalue weighted by Crippen LogP contribution is 2.70. The quantitative estimate of drug-likeness (QED) is 0.517. The van der Waals surface area contributed by atoms with E-state index in [1.165, 1.54) is 25.7 Å². The van der Waals surface area contributed by atoms with Crippen LogP contribution in [0.5, 0.6) is 0 Å². The van der Waals surface area contributed by atoms with Crippen molar-refractivity contribution in [1.82, 2.24) is 0 Å². The summed E-state index contributed by atoms with van der Waals surface area (Å²) >= 11 is 0. The van der Waals surface area contributed by atoms with Crippen molar-refractivity contribution in [3.8, 4) is 0 Å². The first-order chi connectivity index (χ1) is 7.03. The average Bonchev–Trinajstić information content (AvgIpc) is 2.55. The number of rotatable bonds is 0. The second-order valence-electron chi connectivity index (χ2n) is 6.89. The zero-order valence-corrected chi connectivity index (χ0v) is 10.4. The number of hydrogen-bond acceptors (Lipinski definition) is 0. The maximum atomic E-state index is 4.35. The lowest BCUT2D eigenvalue weighted by atomic mass is 9.80. The second-order valence-corrected chi connectivity index (χ2v) is 6.89. The minimum Gasteiger partial charge on any atom is -0.0996 e. The number of allylic oxidation sites excluding steroid dienone is 1. The summed E-state index contributed by atoms with van der Waals surface area (Å²) in [6, 6.07) is 0. The third-order valence-corrected chi connectivity index (χ3v) is 5.91. The zero-order chi connectivity index (χ0) is 10.8. The summed E-state index contributed by atoms with van der Waals surface area (Å²) in [5.41, 5.74) is 2.25. The first-order valence-corrected chi connectivity index (χ1v) is 6.71. The molecule has 0 bridgehead atoms. The molecule has 0 nitrogen and oxygen atoms in total. The van der Waals surface area contributed by atoms with E-state index in [-0.39, 0.29) is 0 Å². The van der Waals surface area contributed by atoms with Gasteiger partial charge in [0, 0.05) is 0 Å². The van der Waals surface area contributed by atoms with Gasteiger partial charge >= 0.3 is 0 Å². The van der Waals surface area contributed by atoms with Crippen LogP contribution in [0.15, 0.2) is 12.2 Å². The molecule has 5 atom stereocenters. The van der Waals surface area contributed by atoms with Gasteiger partial charge in [-0.3, -0.25) is 0 Å². The van der Waals surface area contributed by atoms with Crippen LogP contribution in [0.2, 0.25) is 0 Å². The topological polar surface area (TPSA) is 0 Å². The third-order valence-electron chi connectivity index (χ3n) is 5.91. The summed E-state index contributed by atoms with van der Waals surface area (Å²) in [6.07, 6.45) is 5.63. The smallest absolute Gasteiger partial charge is 0.0172 e. The van der Waals surface area contributed by atoms with Crippen molar-refractivity contribution in [2.45, 2.75) is 46.5 Å². The van der Waals surface area contributed by atoms with Crippen molar-refractivity contribution < 1.29 is 0 Å². The number of fused-ring (bicyclic) bond motifs is 3. The Morgan fingerprint density at radius 1 is 1.20 bits per heavy atom. The highest BCUT2D eigenvalue weighted by molar-refractivity contribution is 5.20. The Hall–Kier alpha value is -0.260. The van der Waals surface area contributed by atoms with Gasteiger partial charge in [0.25, 0.3) is 0 Å². The molecule has 1 unspecified atom stereocenters. The maximum absolute atomic E-state index is 4.35. The van der Waals surface area contributed by atoms with Gasteiger partial charge in [-0.2, -0.15) is 0 Å². The van der Waals surface area contributed by atoms with Gasteiger partial charge in [-0.15, -0.1) is 0 Å². The molecule has 3 fully saturated rings. The van der Waals surface area contributed by atoms with E-state index in [0.717, 1.165) is 29.6 Å². The van der Waals surface area contributed by atoms with E-state index in [1.54, 1.807) is 5.57 Å². The molecule has 0 saturated heterocycles. The van der Waals surface area contributed by atoms with Crippen molar-refractivity contribution in [2.24, 2.45) is 35.0 Å². The Morgan fingerprint density at radius 2 is 1.93 bits per heavy atom. The molecule has 0 aromatic carbocycles. The first kappa shape index (κ1) is 9.93. The molecule has 3 aliphatic carbocycles. The Balaban J connectivity index is 1.93. The lowest BCUT2D eigenvalue weighted by Crippen LogP contribution is -2.18. The molecule has 0 aromatic rings. The van der Waals surface area contributed by atoms with E-state index < -0.39 is 0 Å². The largest absolute Gasteiger partial charge is 0.0996 e. The van der Waals surface area contributed by atoms with Gasteiger partial charge in [-0.05, 0) is 60.7 Å². The third kappa shape index (κ3) is 1.20. The molecule has 0 spiro atoms. The fourth-order valence-electron chi connectivity index (χ4n) is 4.93. The van der Waals surface area contributed by atoms with Crippen molar-refractivity contribution in [2.75, 3.05) is 0 Å². The van der Waals surface area contributed by atoms with Crippen LogP contribution in [0.4, 0.5) is 0 Å². The lowest BCUT2D eigenvalue weighted by Gasteiger charge is -2.25. The maximum Gasteiger partial charge on any atom is -0.0172 e. The zero-order valence-electron chi connectivity index (χ0n) is 10.4. The molecule has 0 heteroatoms. The summed E-state index contributed by atoms with van der Waals surface area (Å²) in [6.45, 7) is 11.8. The SMILES string of the molecule is C=C1CC[C@@H]2[C@H](C3[C@H](C)CC[C@@H]13)C2(C)C. The molecule has 0 aliphatic heterocycles. The van der Waals surface area contributed by atoms with E-state index >= 15 is 0 Å². The minimum atomic E-state index is 0.655. The first-order valence-electron chi connectivity index (χ1n) is 6.71. The molecule has 0 radical (unpaired) electrons. The highest BCUT2D eigenvalue weighted by atomic mass is 14.7. The Bertz CT molecular complexity index is 299. The van der Waals surface area contributed by atoms with Gasteiger partial charge in [0.1, 0.15) is 0 Å². The normalized spacial score (nSPS) is 51.9. The number of hydrogen-bond donors (Lipinski definition) is 0. The second kappa shape index (κ2) is 2.90. The Kier molecular flexibility index (Phi) is 1.92. The Labute approximate surface area is 94.1 Å². The Morgan fingerprint density at radius 3 is 2.67 bits per heavy atom. The van der Waals surface area contributed by atoms with E-state index in [1.807, 2.05) is 0 Å². The van der Waals surface area contributed by atoms with Gasteiger partial charge in [0.05, 0.1) is 0 Å². The highest BCUT2D eigenvalue weighted by Gasteiger charge is 2.64. The van der Waals surface area contributed by atoms with Gasteiger partial charge < -0.3 is 0 Å². The predicted octanol–water partition coefficient (Wildman–Crippen LogP) is 4.27. The summed E-state index contributed by atoms with van der Waals surface area (Å²) in [7, 11) is 0. The molecule has 84 valence electrons. The van der Waals surface area contributed by atoms with Gasteiger partial charge in [0.2, 0.25) is 0 Å². The standard InChI is InChI=1S/C15H24/c1-9-6-8-12-14(15(12,3)4)13-10(2)5-7-11(9)13/h10-14H,1,5-8H2,2-4H3/t10-,11+,12-,13?,14-/m1/s1. The van der Waals surface area contributed by atoms with Crippen LogP contribution < -0.4 is 0 Å². The lowest BCUT2D eigenvalue weighted by molar-refractivity contribution is 0.280. The molecule has 3 aliphatic rings. The van der Waals surface area contributed by atoms with E-state index in [2.05, 4.69) is 27.4 Å². The van der Waals surface area contributed by atoms with E-state index in [9.17, 15) is 0 Å². The molecule has 15 heavy (non-hydrogen) atoms. The van der Waals surface area contributed by atoms with Crippen LogP contribution in [0, 0.1) is 35.0 Å². The molecule has 3 saturated carbocycles. The molecular formula is C15H24. The van der Waals surface area contributed by atoms with Gasteiger partial charge in [-0.25, -0.2) is 0 Å². The monoisotopic (exact) mass is 204 g/mol. The molecule has 0 N–H and O–H groups in total. The van der Waals surface area contributed by atoms with Gasteiger partial charge in [-0.1, -0.05) is 32.9 Å². The van der Waals surface area contributed by atoms with Crippen LogP contribution in [0.1, 0.15) is 46.5 Å². The van der Waals surface area contributed by atoms with Gasteiger partial charge in [0.15, 0.2) is 0 Å². The molecule has 0 aromatic heterocycles. The van der Waals surface area contributed by atoms with Crippen LogP contribution in [-0.2, 0) is 0 Å². The molecule has 3 rings (SSSR count). The van der Waals surface area contributed by atoms with Crippen LogP contribution >= 0.6 is 0 Å². The molecule has 0 heterocycles. The predicted molar refractivity (Wildman–Crippen MR) is 64.5 cm³/mol. The summed E-state index contributed by atoms with van der Waals surface area (Å²) < 4.78 is 0. The molecule has 0 amide bonds. The minimum absolute atomic E-state index is 0.655. The van der Waals surface area contributed by atoms with Crippen LogP contribution in [0.3, 0.4) is 0 Å². The van der Waals surface area contributed by atoms with Crippen LogP contribution in [-0.4, -0.2) is 0 Å². The van der Waals surface area contributed by atoms with Crippen molar-refractivity contribution in [3.05, 3.63) is 12.2 Å². The molecular weight excluding hydrogens is 180 g/mol. The average molecular weight is 204 g/mol. The van der Waals surface area contributed by atoms with E-state index in [0.29, 0.717) is 5.41 Å². The fraction of sp³-hybridized carbons (Fsp3) is 0.867. The summed E-state index contributed by atoms with van der Waals surface area (Å²) in [4.78, 5) is 0. The van der Waals surface area contributed by atoms with Crippen molar-refractivity contribution >= 4 is 0 Å². The summed E-state index contributed by atoms with van der Waals surface area (Å²) in [5.74, 6) is 4.87. The van der Waals surface area contributed by atoms with E-state index in [4.69, 9.17) is 0 Å². The van der Waals surface area contributed by atoms with Crippen molar-refractivity contribution in [3.63, 3.8) is 0 Å². The van der Waals surface area contributed by atoms with Crippen LogP contribution in [0.25, 0.3) is 0 Å². The fourth-order valence-corrected chi connectivity index (χ4v) is 4.93. The van der Waals surface area contributed by atoms with Crippen molar-refractivity contribution in [1.29, 1.82) is 0 Å².